The number of carbonyl (C=O) groups excluding carboxylic acids is 2. The molecule has 1 aliphatic carbocycles. The molecule has 1 aromatic rings. The molecule has 166 valence electrons. The molecule has 6 heteroatoms. The summed E-state index contributed by atoms with van der Waals surface area (Å²) in [7, 11) is 0. The van der Waals surface area contributed by atoms with E-state index in [1.165, 1.54) is 18.6 Å². The smallest absolute Gasteiger partial charge is 0.319 e. The first-order chi connectivity index (χ1) is 14.5. The molecule has 1 saturated heterocycles. The van der Waals surface area contributed by atoms with Crippen molar-refractivity contribution in [1.82, 2.24) is 15.1 Å². The molecule has 0 unspecified atom stereocenters. The van der Waals surface area contributed by atoms with E-state index >= 15 is 0 Å². The number of nitrogens with zero attached hydrogens (tertiary/aromatic N) is 2. The molecule has 1 heterocycles. The maximum absolute atomic E-state index is 13.4. The van der Waals surface area contributed by atoms with Gasteiger partial charge in [-0.05, 0) is 57.2 Å². The summed E-state index contributed by atoms with van der Waals surface area (Å²) < 4.78 is 13.4. The number of nitrogens with one attached hydrogen (secondary N) is 1. The SMILES string of the molecule is CCN(CC)C(=O)N1CCC(C(=O)NCC2(c3ccc(F)cc3)CCCCC2)CC1. The Hall–Kier alpha value is -2.11. The molecule has 0 spiro atoms. The van der Waals surface area contributed by atoms with Crippen molar-refractivity contribution in [1.29, 1.82) is 0 Å². The summed E-state index contributed by atoms with van der Waals surface area (Å²) in [5.41, 5.74) is 1.03. The highest BCUT2D eigenvalue weighted by Gasteiger charge is 2.35. The van der Waals surface area contributed by atoms with E-state index in [0.717, 1.165) is 31.2 Å². The minimum absolute atomic E-state index is 0.0420. The number of hydrogen-bond donors (Lipinski definition) is 1. The molecule has 5 nitrogen and oxygen atoms in total. The Kier molecular flexibility index (Phi) is 7.73. The number of hydrogen-bond acceptors (Lipinski definition) is 2. The second kappa shape index (κ2) is 10.3. The summed E-state index contributed by atoms with van der Waals surface area (Å²) in [6, 6.07) is 6.89. The average Bonchev–Trinajstić information content (AvgIpc) is 2.79. The van der Waals surface area contributed by atoms with Crippen LogP contribution >= 0.6 is 0 Å². The fraction of sp³-hybridized carbons (Fsp3) is 0.667. The van der Waals surface area contributed by atoms with Crippen LogP contribution in [-0.2, 0) is 10.2 Å². The molecule has 1 aliphatic heterocycles. The molecule has 1 N–H and O–H groups in total. The van der Waals surface area contributed by atoms with Crippen LogP contribution in [0.4, 0.5) is 9.18 Å². The molecule has 2 aliphatic rings. The molecule has 2 fully saturated rings. The zero-order valence-electron chi connectivity index (χ0n) is 18.5. The summed E-state index contributed by atoms with van der Waals surface area (Å²) in [6.07, 6.45) is 6.96. The highest BCUT2D eigenvalue weighted by Crippen LogP contribution is 2.39. The van der Waals surface area contributed by atoms with Crippen molar-refractivity contribution in [3.8, 4) is 0 Å². The summed E-state index contributed by atoms with van der Waals surface area (Å²) in [5.74, 6) is -0.170. The second-order valence-corrected chi connectivity index (χ2v) is 8.78. The second-order valence-electron chi connectivity index (χ2n) is 8.78. The fourth-order valence-electron chi connectivity index (χ4n) is 5.03. The molecule has 0 aromatic heterocycles. The van der Waals surface area contributed by atoms with Gasteiger partial charge >= 0.3 is 6.03 Å². The Morgan fingerprint density at radius 2 is 1.67 bits per heavy atom. The van der Waals surface area contributed by atoms with Gasteiger partial charge in [-0.3, -0.25) is 4.79 Å². The van der Waals surface area contributed by atoms with Crippen LogP contribution in [0.2, 0.25) is 0 Å². The normalized spacial score (nSPS) is 19.4. The van der Waals surface area contributed by atoms with Gasteiger partial charge in [0.2, 0.25) is 5.91 Å². The lowest BCUT2D eigenvalue weighted by molar-refractivity contribution is -0.126. The van der Waals surface area contributed by atoms with Crippen molar-refractivity contribution < 1.29 is 14.0 Å². The van der Waals surface area contributed by atoms with E-state index in [0.29, 0.717) is 45.6 Å². The van der Waals surface area contributed by atoms with Crippen LogP contribution in [0.3, 0.4) is 0 Å². The largest absolute Gasteiger partial charge is 0.355 e. The van der Waals surface area contributed by atoms with Gasteiger partial charge in [-0.15, -0.1) is 0 Å². The van der Waals surface area contributed by atoms with Gasteiger partial charge < -0.3 is 15.1 Å². The van der Waals surface area contributed by atoms with Gasteiger partial charge in [0.1, 0.15) is 5.82 Å². The molecule has 1 saturated carbocycles. The molecule has 0 atom stereocenters. The number of amides is 3. The van der Waals surface area contributed by atoms with Crippen molar-refractivity contribution in [3.05, 3.63) is 35.6 Å². The van der Waals surface area contributed by atoms with Crippen molar-refractivity contribution in [2.75, 3.05) is 32.7 Å². The molecule has 3 amide bonds. The van der Waals surface area contributed by atoms with Crippen LogP contribution in [0, 0.1) is 11.7 Å². The Bertz CT molecular complexity index is 704. The van der Waals surface area contributed by atoms with Gasteiger partial charge in [0.25, 0.3) is 0 Å². The van der Waals surface area contributed by atoms with E-state index in [2.05, 4.69) is 5.32 Å². The first-order valence-corrected chi connectivity index (χ1v) is 11.6. The van der Waals surface area contributed by atoms with E-state index < -0.39 is 0 Å². The summed E-state index contributed by atoms with van der Waals surface area (Å²) in [6.45, 7) is 7.28. The van der Waals surface area contributed by atoms with Crippen LogP contribution < -0.4 is 5.32 Å². The molecule has 0 radical (unpaired) electrons. The predicted octanol–water partition coefficient (Wildman–Crippen LogP) is 4.32. The number of halogens is 1. The monoisotopic (exact) mass is 417 g/mol. The van der Waals surface area contributed by atoms with Crippen LogP contribution in [0.25, 0.3) is 0 Å². The number of likely N-dealkylation sites (tertiary alicyclic amines) is 1. The third-order valence-electron chi connectivity index (χ3n) is 7.04. The van der Waals surface area contributed by atoms with Crippen LogP contribution in [-0.4, -0.2) is 54.5 Å². The van der Waals surface area contributed by atoms with E-state index in [-0.39, 0.29) is 29.1 Å². The number of carbonyl (C=O) groups is 2. The lowest BCUT2D eigenvalue weighted by Gasteiger charge is -2.39. The minimum Gasteiger partial charge on any atom is -0.355 e. The average molecular weight is 418 g/mol. The number of urea groups is 1. The third-order valence-corrected chi connectivity index (χ3v) is 7.04. The zero-order chi connectivity index (χ0) is 21.6. The van der Waals surface area contributed by atoms with E-state index in [1.807, 2.05) is 35.8 Å². The molecular formula is C24H36FN3O2. The van der Waals surface area contributed by atoms with Gasteiger partial charge in [-0.25, -0.2) is 9.18 Å². The first kappa shape index (κ1) is 22.6. The Labute approximate surface area is 180 Å². The Morgan fingerprint density at radius 1 is 1.07 bits per heavy atom. The topological polar surface area (TPSA) is 52.7 Å². The predicted molar refractivity (Wildman–Crippen MR) is 117 cm³/mol. The maximum atomic E-state index is 13.4. The Balaban J connectivity index is 1.56. The van der Waals surface area contributed by atoms with Crippen molar-refractivity contribution in [2.24, 2.45) is 5.92 Å². The highest BCUT2D eigenvalue weighted by atomic mass is 19.1. The lowest BCUT2D eigenvalue weighted by atomic mass is 9.69. The standard InChI is InChI=1S/C24H36FN3O2/c1-3-27(4-2)23(30)28-16-12-19(13-17-28)22(29)26-18-24(14-6-5-7-15-24)20-8-10-21(25)11-9-20/h8-11,19H,3-7,12-18H2,1-2H3,(H,26,29). The van der Waals surface area contributed by atoms with Crippen molar-refractivity contribution in [3.63, 3.8) is 0 Å². The van der Waals surface area contributed by atoms with E-state index in [4.69, 9.17) is 0 Å². The first-order valence-electron chi connectivity index (χ1n) is 11.6. The summed E-state index contributed by atoms with van der Waals surface area (Å²) >= 11 is 0. The number of piperidine rings is 1. The van der Waals surface area contributed by atoms with Gasteiger partial charge in [0.05, 0.1) is 0 Å². The van der Waals surface area contributed by atoms with Crippen LogP contribution in [0.5, 0.6) is 0 Å². The quantitative estimate of drug-likeness (QED) is 0.750. The van der Waals surface area contributed by atoms with E-state index in [9.17, 15) is 14.0 Å². The maximum Gasteiger partial charge on any atom is 0.319 e. The van der Waals surface area contributed by atoms with Gasteiger partial charge in [0.15, 0.2) is 0 Å². The molecule has 1 aromatic carbocycles. The lowest BCUT2D eigenvalue weighted by Crippen LogP contribution is -2.49. The highest BCUT2D eigenvalue weighted by molar-refractivity contribution is 5.80. The van der Waals surface area contributed by atoms with Crippen LogP contribution in [0.15, 0.2) is 24.3 Å². The molecule has 0 bridgehead atoms. The molecule has 3 rings (SSSR count). The van der Waals surface area contributed by atoms with E-state index in [1.54, 1.807) is 0 Å². The molecular weight excluding hydrogens is 381 g/mol. The zero-order valence-corrected chi connectivity index (χ0v) is 18.5. The molecule has 30 heavy (non-hydrogen) atoms. The number of benzene rings is 1. The van der Waals surface area contributed by atoms with Gasteiger partial charge in [-0.2, -0.15) is 0 Å². The van der Waals surface area contributed by atoms with Crippen molar-refractivity contribution in [2.45, 2.75) is 64.2 Å². The minimum atomic E-state index is -0.222. The van der Waals surface area contributed by atoms with Gasteiger partial charge in [0, 0.05) is 44.1 Å². The summed E-state index contributed by atoms with van der Waals surface area (Å²) in [4.78, 5) is 29.1. The van der Waals surface area contributed by atoms with Gasteiger partial charge in [-0.1, -0.05) is 31.4 Å². The fourth-order valence-corrected chi connectivity index (χ4v) is 5.03. The van der Waals surface area contributed by atoms with Crippen molar-refractivity contribution >= 4 is 11.9 Å². The third kappa shape index (κ3) is 5.13. The Morgan fingerprint density at radius 3 is 2.23 bits per heavy atom. The summed E-state index contributed by atoms with van der Waals surface area (Å²) in [5, 5.41) is 3.22. The van der Waals surface area contributed by atoms with Crippen LogP contribution in [0.1, 0.15) is 64.4 Å². The number of rotatable bonds is 6.